The molecule has 1 atom stereocenters. The number of carbonyl (C=O) groups is 1. The molecule has 35 heavy (non-hydrogen) atoms. The summed E-state index contributed by atoms with van der Waals surface area (Å²) in [7, 11) is 0. The monoisotopic (exact) mass is 514 g/mol. The van der Waals surface area contributed by atoms with Gasteiger partial charge in [0, 0.05) is 41.0 Å². The van der Waals surface area contributed by atoms with Crippen molar-refractivity contribution in [2.24, 2.45) is 0 Å². The van der Waals surface area contributed by atoms with E-state index in [1.54, 1.807) is 6.07 Å². The van der Waals surface area contributed by atoms with Gasteiger partial charge in [-0.1, -0.05) is 72.6 Å². The van der Waals surface area contributed by atoms with Crippen molar-refractivity contribution < 1.29 is 14.6 Å². The van der Waals surface area contributed by atoms with Crippen LogP contribution < -0.4 is 10.6 Å². The number of aliphatic carboxylic acids is 1. The van der Waals surface area contributed by atoms with Gasteiger partial charge in [-0.05, 0) is 53.8 Å². The van der Waals surface area contributed by atoms with Crippen molar-refractivity contribution in [3.8, 4) is 11.1 Å². The molecule has 0 spiro atoms. The lowest BCUT2D eigenvalue weighted by Gasteiger charge is -2.21. The summed E-state index contributed by atoms with van der Waals surface area (Å²) in [6.45, 7) is 4.53. The van der Waals surface area contributed by atoms with Gasteiger partial charge in [-0.25, -0.2) is 0 Å². The minimum Gasteiger partial charge on any atom is -0.481 e. The summed E-state index contributed by atoms with van der Waals surface area (Å²) in [4.78, 5) is 10.6. The zero-order valence-corrected chi connectivity index (χ0v) is 21.4. The van der Waals surface area contributed by atoms with Gasteiger partial charge in [0.25, 0.3) is 0 Å². The molecule has 0 bridgehead atoms. The highest BCUT2D eigenvalue weighted by molar-refractivity contribution is 6.36. The van der Waals surface area contributed by atoms with Crippen LogP contribution in [0, 0.1) is 0 Å². The normalized spacial score (nSPS) is 11.9. The molecule has 3 aromatic rings. The smallest absolute Gasteiger partial charge is 0.304 e. The number of carboxylic acids is 1. The number of carboxylic acid groups (broad SMARTS) is 1. The lowest BCUT2D eigenvalue weighted by atomic mass is 10.0. The summed E-state index contributed by atoms with van der Waals surface area (Å²) in [5.41, 5.74) is 5.34. The van der Waals surface area contributed by atoms with Crippen LogP contribution in [0.4, 0.5) is 5.69 Å². The van der Waals surface area contributed by atoms with Gasteiger partial charge in [0.15, 0.2) is 0 Å². The summed E-state index contributed by atoms with van der Waals surface area (Å²) < 4.78 is 5.87. The first-order valence-corrected chi connectivity index (χ1v) is 12.6. The lowest BCUT2D eigenvalue weighted by Crippen LogP contribution is -2.28. The van der Waals surface area contributed by atoms with Gasteiger partial charge in [0.1, 0.15) is 0 Å². The molecule has 0 aliphatic heterocycles. The Morgan fingerprint density at radius 2 is 1.71 bits per heavy atom. The highest BCUT2D eigenvalue weighted by Crippen LogP contribution is 2.30. The molecular formula is C28H32Cl2N2O3. The zero-order chi connectivity index (χ0) is 25.0. The summed E-state index contributed by atoms with van der Waals surface area (Å²) in [6.07, 6.45) is 1.91. The number of ether oxygens (including phenoxy) is 1. The first-order valence-electron chi connectivity index (χ1n) is 11.8. The molecule has 3 aromatic carbocycles. The van der Waals surface area contributed by atoms with Crippen LogP contribution in [0.3, 0.4) is 0 Å². The van der Waals surface area contributed by atoms with Crippen molar-refractivity contribution >= 4 is 34.9 Å². The Balaban J connectivity index is 1.61. The Morgan fingerprint density at radius 3 is 2.37 bits per heavy atom. The number of benzene rings is 3. The molecule has 0 amide bonds. The summed E-state index contributed by atoms with van der Waals surface area (Å²) in [5, 5.41) is 16.7. The SMILES string of the molecule is CCCOC[C@H](Cc1ccc(-c2ccc(Cl)cc2Cl)cc1)Nc1ccc(CNCCC(=O)O)cc1. The van der Waals surface area contributed by atoms with Crippen LogP contribution in [0.15, 0.2) is 66.7 Å². The maximum absolute atomic E-state index is 10.6. The van der Waals surface area contributed by atoms with Crippen molar-refractivity contribution in [1.29, 1.82) is 0 Å². The highest BCUT2D eigenvalue weighted by atomic mass is 35.5. The topological polar surface area (TPSA) is 70.6 Å². The van der Waals surface area contributed by atoms with E-state index in [0.29, 0.717) is 29.7 Å². The van der Waals surface area contributed by atoms with E-state index in [1.165, 1.54) is 5.56 Å². The standard InChI is InChI=1S/C28H32Cl2N2O3/c1-2-15-35-19-25(32-24-10-5-21(6-11-24)18-31-14-13-28(33)34)16-20-3-7-22(8-4-20)26-12-9-23(29)17-27(26)30/h3-12,17,25,31-32H,2,13-16,18-19H2,1H3,(H,33,34)/t25-/m0/s1. The van der Waals surface area contributed by atoms with Crippen LogP contribution in [0.2, 0.25) is 10.0 Å². The van der Waals surface area contributed by atoms with Crippen molar-refractivity contribution in [1.82, 2.24) is 5.32 Å². The summed E-state index contributed by atoms with van der Waals surface area (Å²) in [6, 6.07) is 22.3. The summed E-state index contributed by atoms with van der Waals surface area (Å²) in [5.74, 6) is -0.795. The van der Waals surface area contributed by atoms with Crippen LogP contribution in [-0.2, 0) is 22.5 Å². The quantitative estimate of drug-likeness (QED) is 0.209. The molecule has 7 heteroatoms. The van der Waals surface area contributed by atoms with Gasteiger partial charge in [0.2, 0.25) is 0 Å². The fourth-order valence-electron chi connectivity index (χ4n) is 3.73. The molecule has 0 aliphatic carbocycles. The second kappa shape index (κ2) is 14.1. The molecule has 5 nitrogen and oxygen atoms in total. The molecule has 186 valence electrons. The molecule has 3 N–H and O–H groups in total. The third-order valence-corrected chi connectivity index (χ3v) is 6.06. The minimum absolute atomic E-state index is 0.117. The van der Waals surface area contributed by atoms with Gasteiger partial charge in [-0.3, -0.25) is 4.79 Å². The molecule has 0 radical (unpaired) electrons. The van der Waals surface area contributed by atoms with Gasteiger partial charge < -0.3 is 20.5 Å². The molecule has 0 heterocycles. The van der Waals surface area contributed by atoms with Crippen LogP contribution in [-0.4, -0.2) is 36.9 Å². The second-order valence-electron chi connectivity index (χ2n) is 8.46. The Labute approximate surface area is 217 Å². The van der Waals surface area contributed by atoms with Crippen molar-refractivity contribution in [2.45, 2.75) is 38.8 Å². The predicted octanol–water partition coefficient (Wildman–Crippen LogP) is 6.67. The molecule has 0 aliphatic rings. The Morgan fingerprint density at radius 1 is 1.00 bits per heavy atom. The fourth-order valence-corrected chi connectivity index (χ4v) is 4.25. The van der Waals surface area contributed by atoms with E-state index in [9.17, 15) is 4.79 Å². The van der Waals surface area contributed by atoms with Crippen molar-refractivity contribution in [3.05, 3.63) is 87.9 Å². The van der Waals surface area contributed by atoms with Gasteiger partial charge in [-0.15, -0.1) is 0 Å². The van der Waals surface area contributed by atoms with Crippen LogP contribution in [0.5, 0.6) is 0 Å². The van der Waals surface area contributed by atoms with E-state index in [-0.39, 0.29) is 12.5 Å². The van der Waals surface area contributed by atoms with Gasteiger partial charge >= 0.3 is 5.97 Å². The highest BCUT2D eigenvalue weighted by Gasteiger charge is 2.12. The number of anilines is 1. The molecule has 0 saturated carbocycles. The molecule has 0 fully saturated rings. The molecule has 3 rings (SSSR count). The largest absolute Gasteiger partial charge is 0.481 e. The van der Waals surface area contributed by atoms with E-state index in [4.69, 9.17) is 33.0 Å². The maximum Gasteiger partial charge on any atom is 0.304 e. The zero-order valence-electron chi connectivity index (χ0n) is 19.9. The number of rotatable bonds is 14. The fraction of sp³-hybridized carbons (Fsp3) is 0.321. The van der Waals surface area contributed by atoms with Crippen LogP contribution in [0.1, 0.15) is 30.9 Å². The van der Waals surface area contributed by atoms with E-state index in [0.717, 1.165) is 41.8 Å². The summed E-state index contributed by atoms with van der Waals surface area (Å²) >= 11 is 12.4. The Hall–Kier alpha value is -2.57. The molecule has 0 unspecified atom stereocenters. The van der Waals surface area contributed by atoms with Crippen molar-refractivity contribution in [2.75, 3.05) is 25.1 Å². The number of hydrogen-bond donors (Lipinski definition) is 3. The molecule has 0 aromatic heterocycles. The second-order valence-corrected chi connectivity index (χ2v) is 9.30. The average molecular weight is 515 g/mol. The van der Waals surface area contributed by atoms with Crippen molar-refractivity contribution in [3.63, 3.8) is 0 Å². The van der Waals surface area contributed by atoms with Gasteiger partial charge in [-0.2, -0.15) is 0 Å². The van der Waals surface area contributed by atoms with Crippen LogP contribution >= 0.6 is 23.2 Å². The maximum atomic E-state index is 10.6. The third-order valence-electron chi connectivity index (χ3n) is 5.52. The van der Waals surface area contributed by atoms with E-state index in [1.807, 2.05) is 36.4 Å². The van der Waals surface area contributed by atoms with Gasteiger partial charge in [0.05, 0.1) is 19.1 Å². The number of halogens is 2. The van der Waals surface area contributed by atoms with E-state index < -0.39 is 5.97 Å². The number of nitrogens with one attached hydrogen (secondary N) is 2. The van der Waals surface area contributed by atoms with E-state index >= 15 is 0 Å². The first kappa shape index (κ1) is 27.0. The Kier molecular flexibility index (Phi) is 10.9. The Bertz CT molecular complexity index is 1070. The number of hydrogen-bond acceptors (Lipinski definition) is 4. The lowest BCUT2D eigenvalue weighted by molar-refractivity contribution is -0.136. The molecular weight excluding hydrogens is 483 g/mol. The third kappa shape index (κ3) is 9.19. The van der Waals surface area contributed by atoms with Crippen LogP contribution in [0.25, 0.3) is 11.1 Å². The first-order chi connectivity index (χ1) is 16.9. The minimum atomic E-state index is -0.795. The predicted molar refractivity (Wildman–Crippen MR) is 145 cm³/mol. The molecule has 0 saturated heterocycles. The van der Waals surface area contributed by atoms with E-state index in [2.05, 4.69) is 41.8 Å². The average Bonchev–Trinajstić information content (AvgIpc) is 2.83.